The molecule has 0 aliphatic rings. The predicted octanol–water partition coefficient (Wildman–Crippen LogP) is 3.13. The Bertz CT molecular complexity index is 723. The van der Waals surface area contributed by atoms with Crippen molar-refractivity contribution < 1.29 is 27.2 Å². The molecule has 0 aliphatic carbocycles. The number of nitrogens with one attached hydrogen (secondary N) is 2. The number of aryl methyl sites for hydroxylation is 1. The van der Waals surface area contributed by atoms with Gasteiger partial charge < -0.3 is 15.1 Å². The lowest BCUT2D eigenvalue weighted by Crippen LogP contribution is -2.33. The van der Waals surface area contributed by atoms with Gasteiger partial charge in [0.2, 0.25) is 0 Å². The van der Waals surface area contributed by atoms with Crippen LogP contribution in [0.25, 0.3) is 0 Å². The number of rotatable bonds is 4. The van der Waals surface area contributed by atoms with Crippen LogP contribution in [0.1, 0.15) is 26.5 Å². The zero-order valence-corrected chi connectivity index (χ0v) is 12.0. The minimum absolute atomic E-state index is 0.0102. The molecule has 5 nitrogen and oxygen atoms in total. The maximum absolute atomic E-state index is 12.1. The van der Waals surface area contributed by atoms with Gasteiger partial charge in [-0.15, -0.1) is 0 Å². The second-order valence-corrected chi connectivity index (χ2v) is 4.72. The summed E-state index contributed by atoms with van der Waals surface area (Å²) in [6.45, 7) is 0.201. The highest BCUT2D eigenvalue weighted by molar-refractivity contribution is 6.05. The van der Waals surface area contributed by atoms with E-state index >= 15 is 0 Å². The van der Waals surface area contributed by atoms with Crippen molar-refractivity contribution in [3.05, 3.63) is 53.5 Å². The van der Waals surface area contributed by atoms with Crippen molar-refractivity contribution >= 4 is 17.5 Å². The summed E-state index contributed by atoms with van der Waals surface area (Å²) in [6.07, 6.45) is -3.12. The second-order valence-electron chi connectivity index (χ2n) is 4.72. The largest absolute Gasteiger partial charge is 0.469 e. The van der Waals surface area contributed by atoms with E-state index in [1.165, 1.54) is 36.6 Å². The van der Waals surface area contributed by atoms with Crippen LogP contribution in [-0.2, 0) is 0 Å². The van der Waals surface area contributed by atoms with Crippen molar-refractivity contribution in [3.63, 3.8) is 0 Å². The Balaban J connectivity index is 2.06. The van der Waals surface area contributed by atoms with Crippen LogP contribution in [0.3, 0.4) is 0 Å². The molecule has 8 heteroatoms. The molecule has 122 valence electrons. The van der Waals surface area contributed by atoms with Crippen molar-refractivity contribution in [2.24, 2.45) is 0 Å². The molecule has 1 aromatic carbocycles. The monoisotopic (exact) mass is 326 g/mol. The average Bonchev–Trinajstić information content (AvgIpc) is 2.90. The van der Waals surface area contributed by atoms with Crippen LogP contribution < -0.4 is 10.6 Å². The quantitative estimate of drug-likeness (QED) is 0.907. The van der Waals surface area contributed by atoms with Gasteiger partial charge in [-0.1, -0.05) is 6.07 Å². The zero-order chi connectivity index (χ0) is 17.0. The summed E-state index contributed by atoms with van der Waals surface area (Å²) in [7, 11) is 0. The summed E-state index contributed by atoms with van der Waals surface area (Å²) in [5.74, 6) is -0.886. The minimum Gasteiger partial charge on any atom is -0.469 e. The van der Waals surface area contributed by atoms with E-state index in [0.717, 1.165) is 0 Å². The van der Waals surface area contributed by atoms with E-state index in [1.807, 2.05) is 0 Å². The normalized spacial score (nSPS) is 11.1. The van der Waals surface area contributed by atoms with Gasteiger partial charge >= 0.3 is 6.18 Å². The highest BCUT2D eigenvalue weighted by atomic mass is 19.4. The molecule has 2 N–H and O–H groups in total. The smallest absolute Gasteiger partial charge is 0.405 e. The van der Waals surface area contributed by atoms with Crippen molar-refractivity contribution in [2.75, 3.05) is 11.9 Å². The van der Waals surface area contributed by atoms with Crippen LogP contribution in [0.5, 0.6) is 0 Å². The van der Waals surface area contributed by atoms with Gasteiger partial charge in [0, 0.05) is 11.3 Å². The molecule has 0 unspecified atom stereocenters. The first kappa shape index (κ1) is 16.6. The molecule has 2 amide bonds. The predicted molar refractivity (Wildman–Crippen MR) is 76.2 cm³/mol. The van der Waals surface area contributed by atoms with E-state index in [1.54, 1.807) is 12.2 Å². The number of hydrogen-bond donors (Lipinski definition) is 2. The number of carbonyl (C=O) groups is 2. The van der Waals surface area contributed by atoms with Crippen molar-refractivity contribution in [1.29, 1.82) is 0 Å². The van der Waals surface area contributed by atoms with Gasteiger partial charge in [-0.05, 0) is 31.2 Å². The summed E-state index contributed by atoms with van der Waals surface area (Å²) in [4.78, 5) is 23.7. The topological polar surface area (TPSA) is 71.3 Å². The molecule has 0 spiro atoms. The molecule has 0 atom stereocenters. The average molecular weight is 326 g/mol. The van der Waals surface area contributed by atoms with Crippen LogP contribution in [0.2, 0.25) is 0 Å². The molecule has 1 heterocycles. The number of alkyl halides is 3. The van der Waals surface area contributed by atoms with Crippen LogP contribution >= 0.6 is 0 Å². The van der Waals surface area contributed by atoms with Gasteiger partial charge in [0.15, 0.2) is 0 Å². The Labute approximate surface area is 129 Å². The maximum atomic E-state index is 12.1. The number of anilines is 1. The van der Waals surface area contributed by atoms with Gasteiger partial charge in [-0.25, -0.2) is 0 Å². The molecule has 0 aliphatic heterocycles. The van der Waals surface area contributed by atoms with E-state index < -0.39 is 24.5 Å². The van der Waals surface area contributed by atoms with Crippen molar-refractivity contribution in [2.45, 2.75) is 13.1 Å². The number of benzene rings is 1. The fraction of sp³-hybridized carbons (Fsp3) is 0.200. The van der Waals surface area contributed by atoms with E-state index in [4.69, 9.17) is 4.42 Å². The van der Waals surface area contributed by atoms with Crippen molar-refractivity contribution in [3.8, 4) is 0 Å². The van der Waals surface area contributed by atoms with Gasteiger partial charge in [0.1, 0.15) is 12.3 Å². The molecule has 1 aromatic heterocycles. The van der Waals surface area contributed by atoms with E-state index in [2.05, 4.69) is 5.32 Å². The zero-order valence-electron chi connectivity index (χ0n) is 12.0. The third-order valence-electron chi connectivity index (χ3n) is 2.94. The fourth-order valence-electron chi connectivity index (χ4n) is 1.84. The van der Waals surface area contributed by atoms with Gasteiger partial charge in [0.25, 0.3) is 11.8 Å². The highest BCUT2D eigenvalue weighted by Gasteiger charge is 2.27. The Morgan fingerprint density at radius 3 is 2.52 bits per heavy atom. The molecule has 0 radical (unpaired) electrons. The first-order valence-corrected chi connectivity index (χ1v) is 6.57. The summed E-state index contributed by atoms with van der Waals surface area (Å²) in [6, 6.07) is 7.11. The summed E-state index contributed by atoms with van der Waals surface area (Å²) >= 11 is 0. The third kappa shape index (κ3) is 4.60. The minimum atomic E-state index is -4.49. The highest BCUT2D eigenvalue weighted by Crippen LogP contribution is 2.16. The van der Waals surface area contributed by atoms with E-state index in [9.17, 15) is 22.8 Å². The number of halogens is 3. The number of furan rings is 1. The lowest BCUT2D eigenvalue weighted by molar-refractivity contribution is -0.123. The molecule has 0 saturated heterocycles. The SMILES string of the molecule is Cc1occc1C(=O)Nc1cccc(C(=O)NCC(F)(F)F)c1. The van der Waals surface area contributed by atoms with Gasteiger partial charge in [-0.2, -0.15) is 13.2 Å². The standard InChI is InChI=1S/C15H13F3N2O3/c1-9-12(5-6-23-9)14(22)20-11-4-2-3-10(7-11)13(21)19-8-15(16,17)18/h2-7H,8H2,1H3,(H,19,21)(H,20,22). The summed E-state index contributed by atoms with van der Waals surface area (Å²) in [5.41, 5.74) is 0.628. The van der Waals surface area contributed by atoms with Gasteiger partial charge in [0.05, 0.1) is 11.8 Å². The molecular formula is C15H13F3N2O3. The van der Waals surface area contributed by atoms with Crippen molar-refractivity contribution in [1.82, 2.24) is 5.32 Å². The number of amides is 2. The second kappa shape index (κ2) is 6.55. The first-order valence-electron chi connectivity index (χ1n) is 6.57. The molecule has 2 rings (SSSR count). The Hall–Kier alpha value is -2.77. The van der Waals surface area contributed by atoms with Crippen LogP contribution in [0.15, 0.2) is 41.0 Å². The molecule has 0 saturated carbocycles. The molecular weight excluding hydrogens is 313 g/mol. The number of carbonyl (C=O) groups excluding carboxylic acids is 2. The lowest BCUT2D eigenvalue weighted by atomic mass is 10.1. The van der Waals surface area contributed by atoms with Gasteiger partial charge in [-0.3, -0.25) is 9.59 Å². The maximum Gasteiger partial charge on any atom is 0.405 e. The molecule has 23 heavy (non-hydrogen) atoms. The molecule has 2 aromatic rings. The lowest BCUT2D eigenvalue weighted by Gasteiger charge is -2.10. The van der Waals surface area contributed by atoms with Crippen LogP contribution in [-0.4, -0.2) is 24.5 Å². The summed E-state index contributed by atoms with van der Waals surface area (Å²) < 4.78 is 41.3. The Morgan fingerprint density at radius 1 is 1.17 bits per heavy atom. The Kier molecular flexibility index (Phi) is 4.73. The Morgan fingerprint density at radius 2 is 1.91 bits per heavy atom. The third-order valence-corrected chi connectivity index (χ3v) is 2.94. The fourth-order valence-corrected chi connectivity index (χ4v) is 1.84. The molecule has 0 bridgehead atoms. The van der Waals surface area contributed by atoms with Crippen LogP contribution in [0.4, 0.5) is 18.9 Å². The van der Waals surface area contributed by atoms with E-state index in [-0.39, 0.29) is 11.3 Å². The van der Waals surface area contributed by atoms with E-state index in [0.29, 0.717) is 11.3 Å². The molecule has 0 fully saturated rings. The van der Waals surface area contributed by atoms with Crippen LogP contribution in [0, 0.1) is 6.92 Å². The first-order chi connectivity index (χ1) is 10.8. The number of hydrogen-bond acceptors (Lipinski definition) is 3. The summed E-state index contributed by atoms with van der Waals surface area (Å²) in [5, 5.41) is 4.32.